The van der Waals surface area contributed by atoms with Crippen LogP contribution in [0.4, 0.5) is 0 Å². The second-order valence-electron chi connectivity index (χ2n) is 11.6. The number of hydrogen-bond acceptors (Lipinski definition) is 5. The molecule has 0 radical (unpaired) electrons. The van der Waals surface area contributed by atoms with E-state index < -0.39 is 41.5 Å². The highest BCUT2D eigenvalue weighted by atomic mass is 16.2. The number of rotatable bonds is 12. The molecule has 2 fully saturated rings. The Morgan fingerprint density at radius 2 is 1.58 bits per heavy atom. The minimum absolute atomic E-state index is 0.00127. The second-order valence-corrected chi connectivity index (χ2v) is 11.6. The molecule has 2 heterocycles. The average Bonchev–Trinajstić information content (AvgIpc) is 3.65. The van der Waals surface area contributed by atoms with E-state index in [1.165, 1.54) is 0 Å². The number of H-pyrrole nitrogens is 1. The molecule has 2 aromatic carbocycles. The fourth-order valence-electron chi connectivity index (χ4n) is 6.10. The first-order valence-electron chi connectivity index (χ1n) is 15.2. The lowest BCUT2D eigenvalue weighted by atomic mass is 9.84. The zero-order valence-corrected chi connectivity index (χ0v) is 24.2. The topological polar surface area (TPSA) is 149 Å². The number of amides is 4. The highest BCUT2D eigenvalue weighted by molar-refractivity contribution is 6.38. The zero-order chi connectivity index (χ0) is 30.2. The van der Waals surface area contributed by atoms with Gasteiger partial charge in [-0.1, -0.05) is 80.6 Å². The van der Waals surface area contributed by atoms with E-state index in [1.807, 2.05) is 54.6 Å². The van der Waals surface area contributed by atoms with E-state index in [-0.39, 0.29) is 24.8 Å². The maximum atomic E-state index is 13.8. The van der Waals surface area contributed by atoms with Gasteiger partial charge in [0.15, 0.2) is 0 Å². The monoisotopic (exact) mass is 585 g/mol. The Balaban J connectivity index is 1.32. The van der Waals surface area contributed by atoms with Crippen molar-refractivity contribution in [2.45, 2.75) is 70.0 Å². The second kappa shape index (κ2) is 14.1. The summed E-state index contributed by atoms with van der Waals surface area (Å²) in [5, 5.41) is 11.9. The Bertz CT molecular complexity index is 1430. The van der Waals surface area contributed by atoms with Gasteiger partial charge in [-0.2, -0.15) is 0 Å². The van der Waals surface area contributed by atoms with Crippen LogP contribution in [0, 0.1) is 11.8 Å². The van der Waals surface area contributed by atoms with Gasteiger partial charge in [-0.15, -0.1) is 0 Å². The highest BCUT2D eigenvalue weighted by Crippen LogP contribution is 2.28. The molecule has 43 heavy (non-hydrogen) atoms. The van der Waals surface area contributed by atoms with Crippen LogP contribution in [0.1, 0.15) is 67.4 Å². The third kappa shape index (κ3) is 7.88. The summed E-state index contributed by atoms with van der Waals surface area (Å²) in [4.78, 5) is 69.0. The summed E-state index contributed by atoms with van der Waals surface area (Å²) in [6.07, 6.45) is 6.11. The van der Waals surface area contributed by atoms with E-state index in [0.717, 1.165) is 48.6 Å². The number of benzene rings is 2. The smallest absolute Gasteiger partial charge is 0.289 e. The molecule has 1 aromatic heterocycles. The lowest BCUT2D eigenvalue weighted by Gasteiger charge is -2.28. The third-order valence-electron chi connectivity index (χ3n) is 8.53. The van der Waals surface area contributed by atoms with Crippen molar-refractivity contribution in [3.63, 3.8) is 0 Å². The van der Waals surface area contributed by atoms with Crippen LogP contribution in [0.15, 0.2) is 60.7 Å². The van der Waals surface area contributed by atoms with Crippen LogP contribution in [-0.4, -0.2) is 53.0 Å². The van der Waals surface area contributed by atoms with Crippen molar-refractivity contribution in [1.82, 2.24) is 26.3 Å². The molecule has 3 aromatic rings. The molecule has 0 bridgehead atoms. The number of ketones is 1. The first-order chi connectivity index (χ1) is 20.9. The van der Waals surface area contributed by atoms with Gasteiger partial charge in [0.05, 0.1) is 6.04 Å². The first-order valence-corrected chi connectivity index (χ1v) is 15.2. The molecular weight excluding hydrogens is 546 g/mol. The molecule has 0 spiro atoms. The van der Waals surface area contributed by atoms with E-state index in [0.29, 0.717) is 25.1 Å². The fourth-order valence-corrected chi connectivity index (χ4v) is 6.10. The summed E-state index contributed by atoms with van der Waals surface area (Å²) in [7, 11) is 0. The summed E-state index contributed by atoms with van der Waals surface area (Å²) < 4.78 is 0. The van der Waals surface area contributed by atoms with Gasteiger partial charge in [0.1, 0.15) is 11.7 Å². The Morgan fingerprint density at radius 1 is 0.837 bits per heavy atom. The van der Waals surface area contributed by atoms with E-state index in [9.17, 15) is 24.0 Å². The molecule has 2 aliphatic rings. The molecule has 4 amide bonds. The van der Waals surface area contributed by atoms with E-state index in [1.54, 1.807) is 6.07 Å². The van der Waals surface area contributed by atoms with Crippen molar-refractivity contribution in [3.05, 3.63) is 71.9 Å². The zero-order valence-electron chi connectivity index (χ0n) is 24.2. The SMILES string of the molecule is O=C(NCc1ccccc1)C(=O)[C@H](C[C@@H]1CCNC1=O)NC(=O)[C@H](CC1CCCCC1)NC(=O)c1cc2ccccc2[nH]1. The number of Topliss-reactive ketones (excluding diaryl/α,β-unsaturated/α-hetero) is 1. The Morgan fingerprint density at radius 3 is 2.30 bits per heavy atom. The summed E-state index contributed by atoms with van der Waals surface area (Å²) in [5.74, 6) is -3.08. The number of carbonyl (C=O) groups is 5. The van der Waals surface area contributed by atoms with Crippen molar-refractivity contribution in [2.75, 3.05) is 6.54 Å². The van der Waals surface area contributed by atoms with Gasteiger partial charge in [-0.3, -0.25) is 24.0 Å². The van der Waals surface area contributed by atoms with Gasteiger partial charge < -0.3 is 26.3 Å². The molecule has 5 N–H and O–H groups in total. The maximum Gasteiger partial charge on any atom is 0.289 e. The van der Waals surface area contributed by atoms with Gasteiger partial charge in [0, 0.05) is 29.9 Å². The number of para-hydroxylation sites is 1. The van der Waals surface area contributed by atoms with Gasteiger partial charge in [-0.25, -0.2) is 0 Å². The minimum atomic E-state index is -1.21. The Hall–Kier alpha value is -4.47. The lowest BCUT2D eigenvalue weighted by Crippen LogP contribution is -2.55. The van der Waals surface area contributed by atoms with Crippen LogP contribution < -0.4 is 21.3 Å². The fraction of sp³-hybridized carbons (Fsp3) is 0.424. The summed E-state index contributed by atoms with van der Waals surface area (Å²) in [5.41, 5.74) is 1.97. The van der Waals surface area contributed by atoms with E-state index in [4.69, 9.17) is 0 Å². The van der Waals surface area contributed by atoms with Crippen molar-refractivity contribution in [1.29, 1.82) is 0 Å². The number of fused-ring (bicyclic) bond motifs is 1. The maximum absolute atomic E-state index is 13.8. The van der Waals surface area contributed by atoms with Crippen molar-refractivity contribution < 1.29 is 24.0 Å². The largest absolute Gasteiger partial charge is 0.356 e. The highest BCUT2D eigenvalue weighted by Gasteiger charge is 2.36. The van der Waals surface area contributed by atoms with Crippen LogP contribution in [0.5, 0.6) is 0 Å². The van der Waals surface area contributed by atoms with Crippen molar-refractivity contribution >= 4 is 40.3 Å². The molecule has 0 unspecified atom stereocenters. The van der Waals surface area contributed by atoms with Gasteiger partial charge >= 0.3 is 0 Å². The van der Waals surface area contributed by atoms with Gasteiger partial charge in [-0.05, 0) is 42.9 Å². The quantitative estimate of drug-likeness (QED) is 0.207. The van der Waals surface area contributed by atoms with Gasteiger partial charge in [0.2, 0.25) is 17.6 Å². The average molecular weight is 586 g/mol. The molecule has 1 aliphatic heterocycles. The molecule has 5 rings (SSSR count). The molecule has 10 heteroatoms. The van der Waals surface area contributed by atoms with E-state index >= 15 is 0 Å². The molecule has 1 aliphatic carbocycles. The molecule has 1 saturated carbocycles. The van der Waals surface area contributed by atoms with Crippen molar-refractivity contribution in [3.8, 4) is 0 Å². The molecule has 3 atom stereocenters. The number of aromatic amines is 1. The normalized spacial score (nSPS) is 18.4. The molecule has 1 saturated heterocycles. The number of aromatic nitrogens is 1. The van der Waals surface area contributed by atoms with Crippen molar-refractivity contribution in [2.24, 2.45) is 11.8 Å². The predicted octanol–water partition coefficient (Wildman–Crippen LogP) is 3.13. The van der Waals surface area contributed by atoms with Crippen LogP contribution in [0.25, 0.3) is 10.9 Å². The predicted molar refractivity (Wildman–Crippen MR) is 162 cm³/mol. The van der Waals surface area contributed by atoms with Gasteiger partial charge in [0.25, 0.3) is 11.8 Å². The number of carbonyl (C=O) groups excluding carboxylic acids is 5. The Kier molecular flexibility index (Phi) is 9.86. The third-order valence-corrected chi connectivity index (χ3v) is 8.53. The van der Waals surface area contributed by atoms with Crippen LogP contribution >= 0.6 is 0 Å². The number of hydrogen-bond donors (Lipinski definition) is 5. The number of nitrogens with one attached hydrogen (secondary N) is 5. The Labute approximate surface area is 250 Å². The lowest BCUT2D eigenvalue weighted by molar-refractivity contribution is -0.141. The first kappa shape index (κ1) is 30.0. The molecular formula is C33H39N5O5. The van der Waals surface area contributed by atoms with E-state index in [2.05, 4.69) is 26.3 Å². The molecule has 226 valence electrons. The summed E-state index contributed by atoms with van der Waals surface area (Å²) in [6.45, 7) is 0.629. The standard InChI is InChI=1S/C33H39N5O5/c39-29(33(43)35-20-22-11-5-2-6-12-22)26(19-24-15-16-34-30(24)40)37-31(41)27(17-21-9-3-1-4-10-21)38-32(42)28-18-23-13-7-8-14-25(23)36-28/h2,5-8,11-14,18,21,24,26-27,36H,1,3-4,9-10,15-17,19-20H2,(H,34,40)(H,35,43)(H,37,41)(H,38,42)/t24-,26-,27-/m0/s1. The van der Waals surface area contributed by atoms with Crippen LogP contribution in [0.2, 0.25) is 0 Å². The van der Waals surface area contributed by atoms with Crippen LogP contribution in [0.3, 0.4) is 0 Å². The summed E-state index contributed by atoms with van der Waals surface area (Å²) >= 11 is 0. The summed E-state index contributed by atoms with van der Waals surface area (Å²) in [6, 6.07) is 16.3. The molecule has 10 nitrogen and oxygen atoms in total. The van der Waals surface area contributed by atoms with Crippen LogP contribution in [-0.2, 0) is 25.7 Å². The minimum Gasteiger partial charge on any atom is -0.356 e.